The number of benzene rings is 4. The molecule has 0 radical (unpaired) electrons. The predicted molar refractivity (Wildman–Crippen MR) is 150 cm³/mol. The highest BCUT2D eigenvalue weighted by molar-refractivity contribution is 5.87. The lowest BCUT2D eigenvalue weighted by Gasteiger charge is -2.17. The number of aryl methyl sites for hydroxylation is 1. The third-order valence-electron chi connectivity index (χ3n) is 6.45. The Bertz CT molecular complexity index is 1510. The SMILES string of the molecule is COc1ccc(-c2c(Cc3ccccc3)c(-c3ccc(C)cc3)nn2OC(=O)N(C)c2ccccc2)cc1. The Balaban J connectivity index is 1.66. The lowest BCUT2D eigenvalue weighted by Crippen LogP contribution is -2.34. The Morgan fingerprint density at radius 2 is 1.42 bits per heavy atom. The first-order valence-corrected chi connectivity index (χ1v) is 12.4. The molecule has 38 heavy (non-hydrogen) atoms. The third-order valence-corrected chi connectivity index (χ3v) is 6.45. The summed E-state index contributed by atoms with van der Waals surface area (Å²) in [5.74, 6) is 0.740. The number of carbonyl (C=O) groups excluding carboxylic acids is 1. The quantitative estimate of drug-likeness (QED) is 0.245. The average molecular weight is 504 g/mol. The van der Waals surface area contributed by atoms with Crippen molar-refractivity contribution in [3.63, 3.8) is 0 Å². The molecule has 4 aromatic carbocycles. The largest absolute Gasteiger partial charge is 0.497 e. The van der Waals surface area contributed by atoms with Crippen molar-refractivity contribution in [2.75, 3.05) is 19.1 Å². The molecule has 0 N–H and O–H groups in total. The highest BCUT2D eigenvalue weighted by atomic mass is 16.7. The van der Waals surface area contributed by atoms with Crippen LogP contribution in [0.2, 0.25) is 0 Å². The molecule has 0 unspecified atom stereocenters. The van der Waals surface area contributed by atoms with Gasteiger partial charge < -0.3 is 4.74 Å². The third kappa shape index (κ3) is 5.30. The lowest BCUT2D eigenvalue weighted by molar-refractivity contribution is 0.126. The van der Waals surface area contributed by atoms with Crippen LogP contribution in [0.1, 0.15) is 16.7 Å². The molecular weight excluding hydrogens is 474 g/mol. The molecule has 190 valence electrons. The van der Waals surface area contributed by atoms with Crippen molar-refractivity contribution in [1.82, 2.24) is 9.94 Å². The van der Waals surface area contributed by atoms with Crippen molar-refractivity contribution >= 4 is 11.8 Å². The molecule has 0 aliphatic carbocycles. The monoisotopic (exact) mass is 503 g/mol. The second kappa shape index (κ2) is 11.0. The molecule has 1 aromatic heterocycles. The summed E-state index contributed by atoms with van der Waals surface area (Å²) in [6.07, 6.45) is 0.0625. The number of nitrogens with zero attached hydrogens (tertiary/aromatic N) is 3. The topological polar surface area (TPSA) is 56.6 Å². The van der Waals surface area contributed by atoms with Gasteiger partial charge in [-0.15, -0.1) is 5.10 Å². The van der Waals surface area contributed by atoms with Crippen LogP contribution in [0.5, 0.6) is 5.75 Å². The molecule has 5 rings (SSSR count). The molecule has 0 saturated heterocycles. The van der Waals surface area contributed by atoms with E-state index in [-0.39, 0.29) is 0 Å². The maximum absolute atomic E-state index is 13.3. The van der Waals surface area contributed by atoms with E-state index < -0.39 is 6.09 Å². The summed E-state index contributed by atoms with van der Waals surface area (Å²) in [7, 11) is 3.32. The first-order chi connectivity index (χ1) is 18.5. The van der Waals surface area contributed by atoms with Gasteiger partial charge in [0.15, 0.2) is 0 Å². The number of methoxy groups -OCH3 is 1. The number of para-hydroxylation sites is 1. The minimum Gasteiger partial charge on any atom is -0.497 e. The van der Waals surface area contributed by atoms with E-state index in [1.165, 1.54) is 9.75 Å². The van der Waals surface area contributed by atoms with Crippen molar-refractivity contribution < 1.29 is 14.4 Å². The van der Waals surface area contributed by atoms with Crippen LogP contribution in [-0.4, -0.2) is 30.2 Å². The smallest absolute Gasteiger partial charge is 0.440 e. The predicted octanol–water partition coefficient (Wildman–Crippen LogP) is 6.81. The molecule has 0 aliphatic rings. The van der Waals surface area contributed by atoms with E-state index in [1.54, 1.807) is 14.2 Å². The van der Waals surface area contributed by atoms with Gasteiger partial charge in [-0.3, -0.25) is 9.74 Å². The Kier molecular flexibility index (Phi) is 7.22. The molecule has 0 saturated carbocycles. The molecule has 0 atom stereocenters. The summed E-state index contributed by atoms with van der Waals surface area (Å²) in [5.41, 5.74) is 7.24. The molecule has 0 aliphatic heterocycles. The maximum Gasteiger partial charge on any atom is 0.440 e. The molecular formula is C32H29N3O3. The summed E-state index contributed by atoms with van der Waals surface area (Å²) < 4.78 is 5.38. The summed E-state index contributed by atoms with van der Waals surface area (Å²) in [6.45, 7) is 2.05. The van der Waals surface area contributed by atoms with Gasteiger partial charge in [-0.05, 0) is 48.9 Å². The van der Waals surface area contributed by atoms with Gasteiger partial charge in [-0.25, -0.2) is 4.79 Å². The minimum absolute atomic E-state index is 0.546. The number of carbonyl (C=O) groups is 1. The first kappa shape index (κ1) is 24.8. The van der Waals surface area contributed by atoms with Crippen LogP contribution in [0.15, 0.2) is 109 Å². The van der Waals surface area contributed by atoms with Crippen LogP contribution in [0.4, 0.5) is 10.5 Å². The minimum atomic E-state index is -0.546. The maximum atomic E-state index is 13.3. The van der Waals surface area contributed by atoms with Gasteiger partial charge in [0.1, 0.15) is 17.1 Å². The van der Waals surface area contributed by atoms with Gasteiger partial charge in [0.25, 0.3) is 0 Å². The first-order valence-electron chi connectivity index (χ1n) is 12.4. The van der Waals surface area contributed by atoms with Gasteiger partial charge in [-0.1, -0.05) is 83.2 Å². The lowest BCUT2D eigenvalue weighted by atomic mass is 9.96. The Hall–Kier alpha value is -4.84. The summed E-state index contributed by atoms with van der Waals surface area (Å²) in [5, 5.41) is 4.86. The van der Waals surface area contributed by atoms with E-state index in [0.717, 1.165) is 44.9 Å². The van der Waals surface area contributed by atoms with Crippen molar-refractivity contribution in [2.24, 2.45) is 0 Å². The van der Waals surface area contributed by atoms with Gasteiger partial charge in [0.2, 0.25) is 0 Å². The van der Waals surface area contributed by atoms with E-state index in [2.05, 4.69) is 31.2 Å². The molecule has 1 amide bonds. The molecule has 6 heteroatoms. The van der Waals surface area contributed by atoms with E-state index in [4.69, 9.17) is 14.7 Å². The Morgan fingerprint density at radius 3 is 2.05 bits per heavy atom. The summed E-state index contributed by atoms with van der Waals surface area (Å²) in [6, 6.07) is 35.5. The molecule has 6 nitrogen and oxygen atoms in total. The van der Waals surface area contributed by atoms with Crippen LogP contribution in [0.3, 0.4) is 0 Å². The second-order valence-electron chi connectivity index (χ2n) is 9.06. The fourth-order valence-electron chi connectivity index (χ4n) is 4.33. The van der Waals surface area contributed by atoms with E-state index in [9.17, 15) is 4.79 Å². The summed E-state index contributed by atoms with van der Waals surface area (Å²) >= 11 is 0. The van der Waals surface area contributed by atoms with E-state index in [0.29, 0.717) is 12.1 Å². The number of hydrogen-bond donors (Lipinski definition) is 0. The highest BCUT2D eigenvalue weighted by Crippen LogP contribution is 2.35. The summed E-state index contributed by atoms with van der Waals surface area (Å²) in [4.78, 5) is 22.0. The van der Waals surface area contributed by atoms with Crippen LogP contribution in [0, 0.1) is 6.92 Å². The van der Waals surface area contributed by atoms with Gasteiger partial charge >= 0.3 is 6.09 Å². The number of aromatic nitrogens is 2. The molecule has 1 heterocycles. The Morgan fingerprint density at radius 1 is 0.816 bits per heavy atom. The second-order valence-corrected chi connectivity index (χ2v) is 9.06. The molecule has 0 bridgehead atoms. The fourth-order valence-corrected chi connectivity index (χ4v) is 4.33. The fraction of sp³-hybridized carbons (Fsp3) is 0.125. The molecule has 5 aromatic rings. The number of amides is 1. The number of rotatable bonds is 7. The van der Waals surface area contributed by atoms with Crippen LogP contribution in [0.25, 0.3) is 22.5 Å². The molecule has 0 spiro atoms. The zero-order chi connectivity index (χ0) is 26.5. The molecule has 0 fully saturated rings. The van der Waals surface area contributed by atoms with Crippen LogP contribution >= 0.6 is 0 Å². The number of ether oxygens (including phenoxy) is 1. The number of hydrogen-bond acceptors (Lipinski definition) is 4. The zero-order valence-corrected chi connectivity index (χ0v) is 21.7. The Labute approximate surface area is 222 Å². The highest BCUT2D eigenvalue weighted by Gasteiger charge is 2.25. The van der Waals surface area contributed by atoms with Crippen molar-refractivity contribution in [2.45, 2.75) is 13.3 Å². The zero-order valence-electron chi connectivity index (χ0n) is 21.7. The van der Waals surface area contributed by atoms with Crippen molar-refractivity contribution in [3.05, 3.63) is 126 Å². The average Bonchev–Trinajstić information content (AvgIpc) is 3.31. The van der Waals surface area contributed by atoms with Gasteiger partial charge in [0, 0.05) is 35.8 Å². The van der Waals surface area contributed by atoms with Gasteiger partial charge in [0.05, 0.1) is 7.11 Å². The van der Waals surface area contributed by atoms with Crippen molar-refractivity contribution in [1.29, 1.82) is 0 Å². The van der Waals surface area contributed by atoms with Crippen molar-refractivity contribution in [3.8, 4) is 28.3 Å². The van der Waals surface area contributed by atoms with E-state index in [1.807, 2.05) is 84.9 Å². The van der Waals surface area contributed by atoms with Crippen LogP contribution < -0.4 is 14.5 Å². The standard InChI is InChI=1S/C32H29N3O3/c1-23-14-16-25(17-15-23)30-29(22-24-10-6-4-7-11-24)31(26-18-20-28(37-3)21-19-26)35(33-30)38-32(36)34(2)27-12-8-5-9-13-27/h4-21H,22H2,1-3H3. The number of anilines is 1. The normalized spacial score (nSPS) is 10.7. The van der Waals surface area contributed by atoms with Crippen LogP contribution in [-0.2, 0) is 6.42 Å². The van der Waals surface area contributed by atoms with Gasteiger partial charge in [-0.2, -0.15) is 0 Å². The van der Waals surface area contributed by atoms with E-state index >= 15 is 0 Å².